The first-order chi connectivity index (χ1) is 6.55. The van der Waals surface area contributed by atoms with Crippen LogP contribution >= 0.6 is 0 Å². The largest absolute Gasteiger partial charge is 0.298 e. The summed E-state index contributed by atoms with van der Waals surface area (Å²) in [5.41, 5.74) is 1.35. The van der Waals surface area contributed by atoms with Gasteiger partial charge in [-0.1, -0.05) is 12.2 Å². The molecule has 14 heavy (non-hydrogen) atoms. The molecule has 2 rings (SSSR count). The summed E-state index contributed by atoms with van der Waals surface area (Å²) in [4.78, 5) is 23.3. The van der Waals surface area contributed by atoms with Gasteiger partial charge >= 0.3 is 0 Å². The second kappa shape index (κ2) is 2.91. The van der Waals surface area contributed by atoms with Gasteiger partial charge in [0.25, 0.3) is 0 Å². The van der Waals surface area contributed by atoms with Crippen molar-refractivity contribution in [3.05, 3.63) is 23.3 Å². The van der Waals surface area contributed by atoms with Crippen LogP contribution in [0, 0.1) is 5.41 Å². The van der Waals surface area contributed by atoms with Crippen LogP contribution in [0.15, 0.2) is 23.3 Å². The maximum absolute atomic E-state index is 11.8. The lowest BCUT2D eigenvalue weighted by Crippen LogP contribution is -2.36. The highest BCUT2D eigenvalue weighted by atomic mass is 16.1. The summed E-state index contributed by atoms with van der Waals surface area (Å²) in [7, 11) is 0. The summed E-state index contributed by atoms with van der Waals surface area (Å²) in [6.07, 6.45) is 5.53. The minimum absolute atomic E-state index is 0.192. The topological polar surface area (TPSA) is 34.1 Å². The van der Waals surface area contributed by atoms with Gasteiger partial charge in [-0.3, -0.25) is 9.59 Å². The number of fused-ring (bicyclic) bond motifs is 1. The van der Waals surface area contributed by atoms with E-state index in [4.69, 9.17) is 0 Å². The first-order valence-electron chi connectivity index (χ1n) is 5.00. The Balaban J connectivity index is 2.60. The predicted octanol–water partition coefficient (Wildman–Crippen LogP) is 2.20. The second-order valence-corrected chi connectivity index (χ2v) is 4.32. The van der Waals surface area contributed by atoms with E-state index in [1.807, 2.05) is 26.0 Å². The molecule has 2 nitrogen and oxygen atoms in total. The van der Waals surface area contributed by atoms with Gasteiger partial charge in [-0.15, -0.1) is 0 Å². The van der Waals surface area contributed by atoms with Crippen LogP contribution in [0.1, 0.15) is 33.1 Å². The molecule has 0 bridgehead atoms. The van der Waals surface area contributed by atoms with E-state index in [1.165, 1.54) is 0 Å². The van der Waals surface area contributed by atoms with Crippen LogP contribution in [0.25, 0.3) is 0 Å². The fourth-order valence-electron chi connectivity index (χ4n) is 2.36. The van der Waals surface area contributed by atoms with E-state index in [1.54, 1.807) is 0 Å². The maximum Gasteiger partial charge on any atom is 0.158 e. The summed E-state index contributed by atoms with van der Waals surface area (Å²) in [6, 6.07) is 0. The summed E-state index contributed by atoms with van der Waals surface area (Å²) in [5, 5.41) is 0. The van der Waals surface area contributed by atoms with Gasteiger partial charge in [0.05, 0.1) is 5.41 Å². The third-order valence-corrected chi connectivity index (χ3v) is 3.47. The zero-order valence-electron chi connectivity index (χ0n) is 8.59. The average Bonchev–Trinajstić information content (AvgIpc) is 2.16. The molecule has 1 atom stereocenters. The highest BCUT2D eigenvalue weighted by molar-refractivity contribution is 6.02. The maximum atomic E-state index is 11.8. The standard InChI is InChI=1S/C12H14O2/c1-8-9-4-3-5-11(14)12(9,2)7-6-10(8)13/h3-4H,5-7H2,1-2H3/t12-/m0/s1. The molecule has 2 aliphatic carbocycles. The third kappa shape index (κ3) is 1.10. The van der Waals surface area contributed by atoms with E-state index in [0.29, 0.717) is 19.3 Å². The monoisotopic (exact) mass is 190 g/mol. The first kappa shape index (κ1) is 9.38. The molecule has 0 unspecified atom stereocenters. The predicted molar refractivity (Wildman–Crippen MR) is 53.8 cm³/mol. The van der Waals surface area contributed by atoms with Crippen LogP contribution in [0.3, 0.4) is 0 Å². The molecule has 0 aromatic carbocycles. The fourth-order valence-corrected chi connectivity index (χ4v) is 2.36. The van der Waals surface area contributed by atoms with Gasteiger partial charge in [0, 0.05) is 12.8 Å². The number of carbonyl (C=O) groups is 2. The van der Waals surface area contributed by atoms with Crippen LogP contribution in [0.5, 0.6) is 0 Å². The summed E-state index contributed by atoms with van der Waals surface area (Å²) in [5.74, 6) is 0.443. The van der Waals surface area contributed by atoms with E-state index in [0.717, 1.165) is 11.1 Å². The van der Waals surface area contributed by atoms with Crippen LogP contribution in [0.4, 0.5) is 0 Å². The average molecular weight is 190 g/mol. The molecule has 0 saturated carbocycles. The molecule has 2 heteroatoms. The van der Waals surface area contributed by atoms with E-state index in [-0.39, 0.29) is 17.0 Å². The Morgan fingerprint density at radius 1 is 1.36 bits per heavy atom. The minimum Gasteiger partial charge on any atom is -0.298 e. The molecule has 0 saturated heterocycles. The zero-order chi connectivity index (χ0) is 10.3. The fraction of sp³-hybridized carbons (Fsp3) is 0.500. The van der Waals surface area contributed by atoms with Crippen molar-refractivity contribution < 1.29 is 9.59 Å². The number of Topliss-reactive ketones (excluding diaryl/α,β-unsaturated/α-hetero) is 2. The molecule has 0 aliphatic heterocycles. The molecule has 0 aromatic rings. The smallest absolute Gasteiger partial charge is 0.158 e. The summed E-state index contributed by atoms with van der Waals surface area (Å²) in [6.45, 7) is 3.79. The van der Waals surface area contributed by atoms with Crippen molar-refractivity contribution in [1.29, 1.82) is 0 Å². The van der Waals surface area contributed by atoms with E-state index >= 15 is 0 Å². The molecule has 0 aromatic heterocycles. The Kier molecular flexibility index (Phi) is 1.95. The quantitative estimate of drug-likeness (QED) is 0.586. The highest BCUT2D eigenvalue weighted by Gasteiger charge is 2.41. The lowest BCUT2D eigenvalue weighted by atomic mass is 9.65. The van der Waals surface area contributed by atoms with Crippen molar-refractivity contribution in [3.63, 3.8) is 0 Å². The molecule has 0 fully saturated rings. The van der Waals surface area contributed by atoms with Crippen LogP contribution in [-0.2, 0) is 9.59 Å². The van der Waals surface area contributed by atoms with Gasteiger partial charge < -0.3 is 0 Å². The van der Waals surface area contributed by atoms with E-state index in [9.17, 15) is 9.59 Å². The Labute approximate surface area is 83.7 Å². The van der Waals surface area contributed by atoms with Crippen molar-refractivity contribution in [2.45, 2.75) is 33.1 Å². The molecular formula is C12H14O2. The van der Waals surface area contributed by atoms with Crippen molar-refractivity contribution in [2.75, 3.05) is 0 Å². The minimum atomic E-state index is -0.382. The van der Waals surface area contributed by atoms with Gasteiger partial charge in [0.15, 0.2) is 5.78 Å². The summed E-state index contributed by atoms with van der Waals surface area (Å²) < 4.78 is 0. The van der Waals surface area contributed by atoms with Crippen molar-refractivity contribution in [2.24, 2.45) is 5.41 Å². The molecule has 0 heterocycles. The van der Waals surface area contributed by atoms with Crippen LogP contribution in [0.2, 0.25) is 0 Å². The number of ketones is 2. The molecule has 0 radical (unpaired) electrons. The lowest BCUT2D eigenvalue weighted by Gasteiger charge is -2.36. The molecule has 0 amide bonds. The van der Waals surface area contributed by atoms with Gasteiger partial charge in [-0.2, -0.15) is 0 Å². The molecule has 74 valence electrons. The lowest BCUT2D eigenvalue weighted by molar-refractivity contribution is -0.127. The normalized spacial score (nSPS) is 32.1. The Bertz CT molecular complexity index is 374. The van der Waals surface area contributed by atoms with Crippen molar-refractivity contribution >= 4 is 11.6 Å². The van der Waals surface area contributed by atoms with Gasteiger partial charge in [-0.25, -0.2) is 0 Å². The third-order valence-electron chi connectivity index (χ3n) is 3.47. The number of allylic oxidation sites excluding steroid dienone is 4. The zero-order valence-corrected chi connectivity index (χ0v) is 8.59. The van der Waals surface area contributed by atoms with Gasteiger partial charge in [-0.05, 0) is 31.4 Å². The molecular weight excluding hydrogens is 176 g/mol. The Morgan fingerprint density at radius 2 is 2.07 bits per heavy atom. The van der Waals surface area contributed by atoms with Crippen molar-refractivity contribution in [1.82, 2.24) is 0 Å². The number of carbonyl (C=O) groups excluding carboxylic acids is 2. The second-order valence-electron chi connectivity index (χ2n) is 4.32. The Hall–Kier alpha value is -1.18. The highest BCUT2D eigenvalue weighted by Crippen LogP contribution is 2.43. The van der Waals surface area contributed by atoms with Crippen molar-refractivity contribution in [3.8, 4) is 0 Å². The summed E-state index contributed by atoms with van der Waals surface area (Å²) >= 11 is 0. The van der Waals surface area contributed by atoms with Crippen LogP contribution in [-0.4, -0.2) is 11.6 Å². The number of hydrogen-bond donors (Lipinski definition) is 0. The molecule has 0 N–H and O–H groups in total. The Morgan fingerprint density at radius 3 is 2.79 bits per heavy atom. The SMILES string of the molecule is CC1=C2C=CCC(=O)[C@@]2(C)CCC1=O. The van der Waals surface area contributed by atoms with Crippen LogP contribution < -0.4 is 0 Å². The van der Waals surface area contributed by atoms with Gasteiger partial charge in [0.1, 0.15) is 5.78 Å². The van der Waals surface area contributed by atoms with Gasteiger partial charge in [0.2, 0.25) is 0 Å². The molecule has 2 aliphatic rings. The van der Waals surface area contributed by atoms with E-state index < -0.39 is 0 Å². The first-order valence-corrected chi connectivity index (χ1v) is 5.00. The van der Waals surface area contributed by atoms with E-state index in [2.05, 4.69) is 0 Å². The molecule has 0 spiro atoms. The number of rotatable bonds is 0. The number of hydrogen-bond acceptors (Lipinski definition) is 2.